The van der Waals surface area contributed by atoms with E-state index in [1.807, 2.05) is 11.8 Å². The Balaban J connectivity index is 2.36. The lowest BCUT2D eigenvalue weighted by molar-refractivity contribution is 0.895. The van der Waals surface area contributed by atoms with Crippen molar-refractivity contribution in [3.8, 4) is 0 Å². The Hall–Kier alpha value is -0.430. The molecule has 0 aromatic rings. The Morgan fingerprint density at radius 1 is 1.33 bits per heavy atom. The molecule has 1 aliphatic heterocycles. The molecule has 0 bridgehead atoms. The summed E-state index contributed by atoms with van der Waals surface area (Å²) in [4.78, 5) is 3.13. The van der Waals surface area contributed by atoms with Gasteiger partial charge < -0.3 is 0 Å². The van der Waals surface area contributed by atoms with E-state index in [0.29, 0.717) is 5.92 Å². The molecule has 2 aliphatic rings. The molecule has 1 aliphatic carbocycles. The molecule has 0 spiro atoms. The van der Waals surface area contributed by atoms with Crippen molar-refractivity contribution in [2.75, 3.05) is 0 Å². The largest absolute Gasteiger partial charge is 0.0981 e. The van der Waals surface area contributed by atoms with Crippen LogP contribution in [0.15, 0.2) is 33.1 Å². The first-order chi connectivity index (χ1) is 5.74. The molecule has 1 heterocycles. The van der Waals surface area contributed by atoms with Gasteiger partial charge in [0.2, 0.25) is 0 Å². The quantitative estimate of drug-likeness (QED) is 0.587. The van der Waals surface area contributed by atoms with Crippen LogP contribution in [0.25, 0.3) is 0 Å². The summed E-state index contributed by atoms with van der Waals surface area (Å²) >= 11 is 1.98. The van der Waals surface area contributed by atoms with Crippen LogP contribution in [0.5, 0.6) is 0 Å². The molecule has 1 unspecified atom stereocenters. The zero-order valence-corrected chi connectivity index (χ0v) is 8.66. The second-order valence-corrected chi connectivity index (χ2v) is 4.64. The molecular formula is C11H14S. The average Bonchev–Trinajstić information content (AvgIpc) is 2.55. The Labute approximate surface area is 78.4 Å². The summed E-state index contributed by atoms with van der Waals surface area (Å²) < 4.78 is 0. The predicted molar refractivity (Wildman–Crippen MR) is 55.9 cm³/mol. The molecule has 1 atom stereocenters. The van der Waals surface area contributed by atoms with Crippen LogP contribution in [-0.4, -0.2) is 0 Å². The summed E-state index contributed by atoms with van der Waals surface area (Å²) in [7, 11) is 0. The summed E-state index contributed by atoms with van der Waals surface area (Å²) in [5.74, 6) is 0.657. The van der Waals surface area contributed by atoms with E-state index in [4.69, 9.17) is 0 Å². The molecule has 0 aromatic heterocycles. The van der Waals surface area contributed by atoms with Gasteiger partial charge >= 0.3 is 0 Å². The lowest BCUT2D eigenvalue weighted by Crippen LogP contribution is -1.96. The van der Waals surface area contributed by atoms with Crippen molar-refractivity contribution in [1.82, 2.24) is 0 Å². The first-order valence-corrected chi connectivity index (χ1v) is 5.31. The fraction of sp³-hybridized carbons (Fsp3) is 0.455. The number of hydrogen-bond donors (Lipinski definition) is 0. The van der Waals surface area contributed by atoms with Gasteiger partial charge in [-0.25, -0.2) is 0 Å². The molecule has 2 rings (SSSR count). The zero-order chi connectivity index (χ0) is 8.72. The van der Waals surface area contributed by atoms with E-state index in [9.17, 15) is 0 Å². The van der Waals surface area contributed by atoms with Crippen LogP contribution < -0.4 is 0 Å². The van der Waals surface area contributed by atoms with E-state index in [0.717, 1.165) is 0 Å². The topological polar surface area (TPSA) is 0 Å². The highest BCUT2D eigenvalue weighted by molar-refractivity contribution is 8.07. The van der Waals surface area contributed by atoms with Crippen molar-refractivity contribution < 1.29 is 0 Å². The fourth-order valence-corrected chi connectivity index (χ4v) is 3.34. The fourth-order valence-electron chi connectivity index (χ4n) is 2.01. The minimum atomic E-state index is 0.657. The van der Waals surface area contributed by atoms with Crippen molar-refractivity contribution >= 4 is 11.8 Å². The average molecular weight is 178 g/mol. The second kappa shape index (κ2) is 2.81. The Bertz CT molecular complexity index is 305. The number of hydrogen-bond acceptors (Lipinski definition) is 1. The number of thioether (sulfide) groups is 1. The number of rotatable bonds is 1. The molecule has 0 fully saturated rings. The molecule has 0 aromatic carbocycles. The Morgan fingerprint density at radius 2 is 2.08 bits per heavy atom. The normalized spacial score (nSPS) is 27.4. The maximum absolute atomic E-state index is 2.28. The minimum absolute atomic E-state index is 0.657. The molecule has 0 nitrogen and oxygen atoms in total. The van der Waals surface area contributed by atoms with E-state index in [-0.39, 0.29) is 0 Å². The summed E-state index contributed by atoms with van der Waals surface area (Å²) in [6, 6.07) is 0. The van der Waals surface area contributed by atoms with Gasteiger partial charge in [0.15, 0.2) is 0 Å². The first-order valence-electron chi connectivity index (χ1n) is 4.50. The monoisotopic (exact) mass is 178 g/mol. The third-order valence-electron chi connectivity index (χ3n) is 2.69. The van der Waals surface area contributed by atoms with Gasteiger partial charge in [-0.3, -0.25) is 0 Å². The Morgan fingerprint density at radius 3 is 2.67 bits per heavy atom. The standard InChI is InChI=1S/C11H14S/c1-4-9-8(3)11-7(2)5-6-10(11)12-9/h5-6,11H,4H2,1-3H3. The van der Waals surface area contributed by atoms with Crippen LogP contribution in [0.1, 0.15) is 27.2 Å². The highest BCUT2D eigenvalue weighted by Gasteiger charge is 2.30. The van der Waals surface area contributed by atoms with Crippen LogP contribution in [0.4, 0.5) is 0 Å². The van der Waals surface area contributed by atoms with Crippen LogP contribution in [0.2, 0.25) is 0 Å². The molecule has 0 radical (unpaired) electrons. The smallest absolute Gasteiger partial charge is 0.0329 e. The van der Waals surface area contributed by atoms with Gasteiger partial charge in [0.25, 0.3) is 0 Å². The summed E-state index contributed by atoms with van der Waals surface area (Å²) in [5, 5.41) is 0. The minimum Gasteiger partial charge on any atom is -0.0981 e. The van der Waals surface area contributed by atoms with Gasteiger partial charge in [-0.05, 0) is 25.2 Å². The van der Waals surface area contributed by atoms with E-state index in [1.165, 1.54) is 12.0 Å². The molecule has 0 saturated carbocycles. The van der Waals surface area contributed by atoms with Gasteiger partial charge in [-0.15, -0.1) is 0 Å². The van der Waals surface area contributed by atoms with Crippen molar-refractivity contribution in [3.05, 3.63) is 33.1 Å². The second-order valence-electron chi connectivity index (χ2n) is 3.47. The van der Waals surface area contributed by atoms with Crippen LogP contribution in [-0.2, 0) is 0 Å². The molecular weight excluding hydrogens is 164 g/mol. The lowest BCUT2D eigenvalue weighted by Gasteiger charge is -2.08. The first kappa shape index (κ1) is 8.18. The molecule has 0 N–H and O–H groups in total. The van der Waals surface area contributed by atoms with Gasteiger partial charge in [0, 0.05) is 10.8 Å². The highest BCUT2D eigenvalue weighted by atomic mass is 32.2. The van der Waals surface area contributed by atoms with E-state index in [2.05, 4.69) is 32.9 Å². The van der Waals surface area contributed by atoms with Crippen molar-refractivity contribution in [2.24, 2.45) is 5.92 Å². The third-order valence-corrected chi connectivity index (χ3v) is 4.15. The van der Waals surface area contributed by atoms with Gasteiger partial charge in [0.1, 0.15) is 0 Å². The van der Waals surface area contributed by atoms with E-state index in [1.54, 1.807) is 15.4 Å². The van der Waals surface area contributed by atoms with Crippen molar-refractivity contribution in [2.45, 2.75) is 27.2 Å². The maximum atomic E-state index is 2.28. The molecule has 0 saturated heterocycles. The van der Waals surface area contributed by atoms with E-state index >= 15 is 0 Å². The zero-order valence-electron chi connectivity index (χ0n) is 7.85. The summed E-state index contributed by atoms with van der Waals surface area (Å²) in [6.07, 6.45) is 5.72. The van der Waals surface area contributed by atoms with Crippen LogP contribution in [0.3, 0.4) is 0 Å². The van der Waals surface area contributed by atoms with Gasteiger partial charge in [-0.2, -0.15) is 0 Å². The summed E-state index contributed by atoms with van der Waals surface area (Å²) in [6.45, 7) is 6.75. The lowest BCUT2D eigenvalue weighted by atomic mass is 9.95. The highest BCUT2D eigenvalue weighted by Crippen LogP contribution is 2.51. The summed E-state index contributed by atoms with van der Waals surface area (Å²) in [5.41, 5.74) is 3.10. The SMILES string of the molecule is CCC1=C(C)C2C(C)=CC=C2S1. The number of fused-ring (bicyclic) bond motifs is 1. The van der Waals surface area contributed by atoms with Gasteiger partial charge in [-0.1, -0.05) is 42.0 Å². The predicted octanol–water partition coefficient (Wildman–Crippen LogP) is 3.88. The molecule has 12 heavy (non-hydrogen) atoms. The molecule has 0 amide bonds. The van der Waals surface area contributed by atoms with Crippen molar-refractivity contribution in [3.63, 3.8) is 0 Å². The van der Waals surface area contributed by atoms with Crippen LogP contribution in [0, 0.1) is 5.92 Å². The molecule has 1 heteroatoms. The van der Waals surface area contributed by atoms with Crippen LogP contribution >= 0.6 is 11.8 Å². The van der Waals surface area contributed by atoms with Gasteiger partial charge in [0.05, 0.1) is 0 Å². The number of allylic oxidation sites excluding steroid dienone is 6. The maximum Gasteiger partial charge on any atom is 0.0329 e. The van der Waals surface area contributed by atoms with E-state index < -0.39 is 0 Å². The third kappa shape index (κ3) is 0.996. The molecule has 64 valence electrons. The van der Waals surface area contributed by atoms with Crippen molar-refractivity contribution in [1.29, 1.82) is 0 Å². The Kier molecular flexibility index (Phi) is 1.91.